The van der Waals surface area contributed by atoms with E-state index in [1.165, 1.54) is 50.9 Å². The van der Waals surface area contributed by atoms with Crippen molar-refractivity contribution in [1.29, 1.82) is 0 Å². The number of amides is 1. The van der Waals surface area contributed by atoms with Gasteiger partial charge in [-0.3, -0.25) is 4.79 Å². The maximum absolute atomic E-state index is 13.5. The Hall–Kier alpha value is -2.73. The molecule has 5 rings (SSSR count). The molecular formula is C29H37FN4O. The summed E-state index contributed by atoms with van der Waals surface area (Å²) in [6, 6.07) is 15.3. The van der Waals surface area contributed by atoms with Gasteiger partial charge in [0, 0.05) is 25.1 Å². The molecule has 1 saturated carbocycles. The third-order valence-corrected chi connectivity index (χ3v) is 8.03. The van der Waals surface area contributed by atoms with Crippen molar-refractivity contribution in [3.8, 4) is 11.4 Å². The Balaban J connectivity index is 1.16. The summed E-state index contributed by atoms with van der Waals surface area (Å²) in [5.74, 6) is 2.36. The van der Waals surface area contributed by atoms with E-state index in [1.54, 1.807) is 6.92 Å². The molecule has 2 atom stereocenters. The average Bonchev–Trinajstić information content (AvgIpc) is 3.23. The van der Waals surface area contributed by atoms with Crippen molar-refractivity contribution in [3.63, 3.8) is 0 Å². The molecule has 35 heavy (non-hydrogen) atoms. The highest BCUT2D eigenvalue weighted by atomic mass is 19.1. The number of imidazole rings is 1. The van der Waals surface area contributed by atoms with E-state index in [4.69, 9.17) is 4.98 Å². The lowest BCUT2D eigenvalue weighted by molar-refractivity contribution is -0.120. The van der Waals surface area contributed by atoms with Crippen molar-refractivity contribution < 1.29 is 9.18 Å². The Labute approximate surface area is 207 Å². The molecule has 5 nitrogen and oxygen atoms in total. The van der Waals surface area contributed by atoms with Crippen LogP contribution in [0.4, 0.5) is 4.39 Å². The predicted molar refractivity (Wildman–Crippen MR) is 138 cm³/mol. The van der Waals surface area contributed by atoms with E-state index >= 15 is 0 Å². The van der Waals surface area contributed by atoms with Crippen LogP contribution in [-0.4, -0.2) is 46.0 Å². The summed E-state index contributed by atoms with van der Waals surface area (Å²) in [6.07, 6.45) is 8.46. The molecule has 1 N–H and O–H groups in total. The number of hydrogen-bond donors (Lipinski definition) is 1. The number of nitrogens with one attached hydrogen (secondary N) is 1. The van der Waals surface area contributed by atoms with Crippen LogP contribution in [0.5, 0.6) is 0 Å². The summed E-state index contributed by atoms with van der Waals surface area (Å²) < 4.78 is 15.8. The van der Waals surface area contributed by atoms with Gasteiger partial charge in [-0.15, -0.1) is 0 Å². The number of benzene rings is 2. The van der Waals surface area contributed by atoms with E-state index in [0.717, 1.165) is 66.6 Å². The third-order valence-electron chi connectivity index (χ3n) is 8.03. The molecule has 1 aliphatic heterocycles. The number of likely N-dealkylation sites (tertiary alicyclic amines) is 1. The zero-order chi connectivity index (χ0) is 24.2. The first kappa shape index (κ1) is 24.0. The molecule has 0 bridgehead atoms. The molecule has 0 radical (unpaired) electrons. The fraction of sp³-hybridized carbons (Fsp3) is 0.517. The highest BCUT2D eigenvalue weighted by Gasteiger charge is 2.31. The van der Waals surface area contributed by atoms with Gasteiger partial charge in [0.25, 0.3) is 0 Å². The Kier molecular flexibility index (Phi) is 7.47. The number of aromatic nitrogens is 2. The second-order valence-electron chi connectivity index (χ2n) is 10.4. The SMILES string of the molecule is CC(=O)NC1CCCC(C2CCN(CCCn3c(-c4ccc(F)cc4)nc4ccccc43)CC2)C1. The number of para-hydroxylation sites is 2. The van der Waals surface area contributed by atoms with Gasteiger partial charge in [-0.1, -0.05) is 25.0 Å². The van der Waals surface area contributed by atoms with Crippen LogP contribution in [0.3, 0.4) is 0 Å². The van der Waals surface area contributed by atoms with Crippen LogP contribution in [-0.2, 0) is 11.3 Å². The van der Waals surface area contributed by atoms with Crippen LogP contribution in [0.1, 0.15) is 51.9 Å². The largest absolute Gasteiger partial charge is 0.354 e. The van der Waals surface area contributed by atoms with E-state index in [-0.39, 0.29) is 11.7 Å². The van der Waals surface area contributed by atoms with Crippen LogP contribution >= 0.6 is 0 Å². The number of carbonyl (C=O) groups excluding carboxylic acids is 1. The Morgan fingerprint density at radius 3 is 2.54 bits per heavy atom. The minimum Gasteiger partial charge on any atom is -0.354 e. The molecular weight excluding hydrogens is 439 g/mol. The van der Waals surface area contributed by atoms with Gasteiger partial charge in [0.15, 0.2) is 0 Å². The van der Waals surface area contributed by atoms with E-state index in [0.29, 0.717) is 6.04 Å². The third kappa shape index (κ3) is 5.75. The van der Waals surface area contributed by atoms with Gasteiger partial charge in [0.1, 0.15) is 11.6 Å². The van der Waals surface area contributed by atoms with Gasteiger partial charge in [-0.05, 0) is 100.0 Å². The lowest BCUT2D eigenvalue weighted by Gasteiger charge is -2.39. The summed E-state index contributed by atoms with van der Waals surface area (Å²) >= 11 is 0. The minimum absolute atomic E-state index is 0.110. The summed E-state index contributed by atoms with van der Waals surface area (Å²) in [4.78, 5) is 18.9. The van der Waals surface area contributed by atoms with Crippen LogP contribution in [0.15, 0.2) is 48.5 Å². The van der Waals surface area contributed by atoms with Gasteiger partial charge in [-0.2, -0.15) is 0 Å². The summed E-state index contributed by atoms with van der Waals surface area (Å²) in [6.45, 7) is 5.95. The summed E-state index contributed by atoms with van der Waals surface area (Å²) in [7, 11) is 0. The molecule has 2 aromatic carbocycles. The van der Waals surface area contributed by atoms with Crippen molar-refractivity contribution in [2.75, 3.05) is 19.6 Å². The molecule has 6 heteroatoms. The molecule has 1 saturated heterocycles. The standard InChI is InChI=1S/C29H37FN4O/c1-21(35)31-26-7-4-6-24(20-26)22-14-18-33(19-15-22)16-5-17-34-28-9-3-2-8-27(28)32-29(34)23-10-12-25(30)13-11-23/h2-3,8-13,22,24,26H,4-7,14-20H2,1H3,(H,31,35). The molecule has 2 unspecified atom stereocenters. The Bertz CT molecular complexity index is 1130. The monoisotopic (exact) mass is 476 g/mol. The molecule has 1 aromatic heterocycles. The molecule has 1 aliphatic carbocycles. The molecule has 0 spiro atoms. The van der Waals surface area contributed by atoms with E-state index in [9.17, 15) is 9.18 Å². The molecule has 1 amide bonds. The zero-order valence-electron chi connectivity index (χ0n) is 20.8. The van der Waals surface area contributed by atoms with Crippen molar-refractivity contribution in [1.82, 2.24) is 19.8 Å². The summed E-state index contributed by atoms with van der Waals surface area (Å²) in [5, 5.41) is 3.16. The second-order valence-corrected chi connectivity index (χ2v) is 10.4. The maximum atomic E-state index is 13.5. The van der Waals surface area contributed by atoms with E-state index < -0.39 is 0 Å². The lowest BCUT2D eigenvalue weighted by atomic mass is 9.74. The number of rotatable bonds is 7. The zero-order valence-corrected chi connectivity index (χ0v) is 20.8. The van der Waals surface area contributed by atoms with Gasteiger partial charge in [-0.25, -0.2) is 9.37 Å². The smallest absolute Gasteiger partial charge is 0.217 e. The van der Waals surface area contributed by atoms with Gasteiger partial charge >= 0.3 is 0 Å². The molecule has 2 fully saturated rings. The highest BCUT2D eigenvalue weighted by molar-refractivity contribution is 5.80. The number of halogens is 1. The van der Waals surface area contributed by atoms with Crippen molar-refractivity contribution in [2.24, 2.45) is 11.8 Å². The maximum Gasteiger partial charge on any atom is 0.217 e. The predicted octanol–water partition coefficient (Wildman–Crippen LogP) is 5.64. The number of hydrogen-bond acceptors (Lipinski definition) is 3. The topological polar surface area (TPSA) is 50.2 Å². The lowest BCUT2D eigenvalue weighted by Crippen LogP contribution is -2.42. The average molecular weight is 477 g/mol. The van der Waals surface area contributed by atoms with Crippen molar-refractivity contribution in [3.05, 3.63) is 54.3 Å². The highest BCUT2D eigenvalue weighted by Crippen LogP contribution is 2.36. The Morgan fingerprint density at radius 2 is 1.77 bits per heavy atom. The second kappa shape index (κ2) is 10.9. The minimum atomic E-state index is -0.223. The van der Waals surface area contributed by atoms with Gasteiger partial charge in [0.05, 0.1) is 11.0 Å². The summed E-state index contributed by atoms with van der Waals surface area (Å²) in [5.41, 5.74) is 3.07. The van der Waals surface area contributed by atoms with Crippen molar-refractivity contribution in [2.45, 2.75) is 64.5 Å². The Morgan fingerprint density at radius 1 is 1.00 bits per heavy atom. The molecule has 186 valence electrons. The first-order valence-corrected chi connectivity index (χ1v) is 13.3. The number of nitrogens with zero attached hydrogens (tertiary/aromatic N) is 3. The van der Waals surface area contributed by atoms with Crippen LogP contribution in [0.2, 0.25) is 0 Å². The molecule has 2 aliphatic rings. The van der Waals surface area contributed by atoms with Gasteiger partial charge in [0.2, 0.25) is 5.91 Å². The van der Waals surface area contributed by atoms with Crippen LogP contribution in [0, 0.1) is 17.7 Å². The fourth-order valence-corrected chi connectivity index (χ4v) is 6.30. The molecule has 2 heterocycles. The fourth-order valence-electron chi connectivity index (χ4n) is 6.30. The number of aryl methyl sites for hydroxylation is 1. The van der Waals surface area contributed by atoms with Crippen LogP contribution < -0.4 is 5.32 Å². The number of carbonyl (C=O) groups is 1. The molecule has 3 aromatic rings. The van der Waals surface area contributed by atoms with Crippen LogP contribution in [0.25, 0.3) is 22.4 Å². The number of fused-ring (bicyclic) bond motifs is 1. The normalized spacial score (nSPS) is 21.9. The van der Waals surface area contributed by atoms with E-state index in [1.807, 2.05) is 24.3 Å². The first-order valence-electron chi connectivity index (χ1n) is 13.3. The quantitative estimate of drug-likeness (QED) is 0.480. The first-order chi connectivity index (χ1) is 17.1. The number of piperidine rings is 1. The van der Waals surface area contributed by atoms with Gasteiger partial charge < -0.3 is 14.8 Å². The van der Waals surface area contributed by atoms with Crippen molar-refractivity contribution >= 4 is 16.9 Å². The van der Waals surface area contributed by atoms with E-state index in [2.05, 4.69) is 26.9 Å².